The van der Waals surface area contributed by atoms with Crippen LogP contribution in [0.25, 0.3) is 10.9 Å². The number of phenolic OH excluding ortho intramolecular Hbond substituents is 1. The summed E-state index contributed by atoms with van der Waals surface area (Å²) in [6.07, 6.45) is 0. The maximum Gasteiger partial charge on any atom is 0.335 e. The molecule has 1 atom stereocenters. The SMILES string of the molecule is CC(C)(C)c1cc(COc2cccc3ccc(C4C(=O)c5ccc(C(=O)O)cc5C4=O)nc23)cc(C(C)(C)C)c1O. The summed E-state index contributed by atoms with van der Waals surface area (Å²) in [5, 5.41) is 21.2. The second kappa shape index (κ2) is 9.84. The van der Waals surface area contributed by atoms with E-state index < -0.39 is 23.5 Å². The van der Waals surface area contributed by atoms with Gasteiger partial charge in [-0.15, -0.1) is 0 Å². The van der Waals surface area contributed by atoms with Crippen LogP contribution in [0.3, 0.4) is 0 Å². The van der Waals surface area contributed by atoms with E-state index in [2.05, 4.69) is 41.5 Å². The Hall–Kier alpha value is -4.52. The van der Waals surface area contributed by atoms with E-state index in [0.29, 0.717) is 17.0 Å². The summed E-state index contributed by atoms with van der Waals surface area (Å²) in [5.41, 5.74) is 3.07. The van der Waals surface area contributed by atoms with Crippen LogP contribution in [0, 0.1) is 0 Å². The largest absolute Gasteiger partial charge is 0.507 e. The molecule has 5 rings (SSSR count). The third-order valence-corrected chi connectivity index (χ3v) is 7.50. The van der Waals surface area contributed by atoms with E-state index in [1.54, 1.807) is 18.2 Å². The summed E-state index contributed by atoms with van der Waals surface area (Å²) in [6.45, 7) is 12.6. The Morgan fingerprint density at radius 1 is 0.854 bits per heavy atom. The molecule has 0 bridgehead atoms. The highest BCUT2D eigenvalue weighted by Crippen LogP contribution is 2.40. The molecule has 1 heterocycles. The number of ether oxygens (including phenoxy) is 1. The number of carbonyl (C=O) groups is 3. The van der Waals surface area contributed by atoms with Crippen molar-refractivity contribution in [1.82, 2.24) is 4.98 Å². The molecule has 7 heteroatoms. The van der Waals surface area contributed by atoms with Crippen molar-refractivity contribution >= 4 is 28.4 Å². The number of ketones is 2. The van der Waals surface area contributed by atoms with Gasteiger partial charge in [-0.2, -0.15) is 0 Å². The Balaban J connectivity index is 1.50. The number of Topliss-reactive ketones (excluding diaryl/α,β-unsaturated/α-hetero) is 2. The first kappa shape index (κ1) is 28.0. The molecule has 7 nitrogen and oxygen atoms in total. The second-order valence-electron chi connectivity index (χ2n) is 12.6. The van der Waals surface area contributed by atoms with Gasteiger partial charge in [-0.3, -0.25) is 9.59 Å². The lowest BCUT2D eigenvalue weighted by Crippen LogP contribution is -2.18. The molecule has 0 saturated heterocycles. The number of fused-ring (bicyclic) bond motifs is 2. The fraction of sp³-hybridized carbons (Fsp3) is 0.294. The number of carbonyl (C=O) groups excluding carboxylic acids is 2. The smallest absolute Gasteiger partial charge is 0.335 e. The van der Waals surface area contributed by atoms with Gasteiger partial charge in [0, 0.05) is 16.5 Å². The molecule has 4 aromatic rings. The van der Waals surface area contributed by atoms with Crippen LogP contribution in [-0.2, 0) is 17.4 Å². The Morgan fingerprint density at radius 2 is 1.49 bits per heavy atom. The maximum absolute atomic E-state index is 13.3. The Kier molecular flexibility index (Phi) is 6.72. The van der Waals surface area contributed by atoms with Crippen LogP contribution >= 0.6 is 0 Å². The Morgan fingerprint density at radius 3 is 2.10 bits per heavy atom. The predicted molar refractivity (Wildman–Crippen MR) is 156 cm³/mol. The minimum atomic E-state index is -1.17. The van der Waals surface area contributed by atoms with Crippen molar-refractivity contribution in [1.29, 1.82) is 0 Å². The van der Waals surface area contributed by atoms with Gasteiger partial charge < -0.3 is 14.9 Å². The van der Waals surface area contributed by atoms with Crippen LogP contribution in [0.2, 0.25) is 0 Å². The predicted octanol–water partition coefficient (Wildman–Crippen LogP) is 6.98. The van der Waals surface area contributed by atoms with Crippen molar-refractivity contribution in [3.63, 3.8) is 0 Å². The van der Waals surface area contributed by atoms with Crippen LogP contribution in [0.4, 0.5) is 0 Å². The summed E-state index contributed by atoms with van der Waals surface area (Å²) in [5.74, 6) is -2.39. The second-order valence-corrected chi connectivity index (χ2v) is 12.6. The molecule has 0 fully saturated rings. The van der Waals surface area contributed by atoms with Crippen LogP contribution in [0.1, 0.15) is 101 Å². The first-order valence-electron chi connectivity index (χ1n) is 13.5. The minimum absolute atomic E-state index is 0.0498. The van der Waals surface area contributed by atoms with Crippen molar-refractivity contribution in [3.05, 3.63) is 99.7 Å². The van der Waals surface area contributed by atoms with E-state index in [1.165, 1.54) is 18.2 Å². The normalized spacial score (nSPS) is 15.3. The molecule has 1 aliphatic rings. The third kappa shape index (κ3) is 5.08. The van der Waals surface area contributed by atoms with Gasteiger partial charge >= 0.3 is 5.97 Å². The van der Waals surface area contributed by atoms with Gasteiger partial charge in [0.1, 0.15) is 29.5 Å². The van der Waals surface area contributed by atoms with Crippen molar-refractivity contribution in [2.24, 2.45) is 0 Å². The molecule has 1 unspecified atom stereocenters. The first-order valence-corrected chi connectivity index (χ1v) is 13.5. The van der Waals surface area contributed by atoms with Gasteiger partial charge in [0.05, 0.1) is 11.3 Å². The number of aromatic carboxylic acids is 1. The minimum Gasteiger partial charge on any atom is -0.507 e. The number of pyridine rings is 1. The van der Waals surface area contributed by atoms with E-state index in [0.717, 1.165) is 22.1 Å². The van der Waals surface area contributed by atoms with Crippen LogP contribution in [-0.4, -0.2) is 32.7 Å². The maximum atomic E-state index is 13.3. The van der Waals surface area contributed by atoms with Crippen molar-refractivity contribution < 1.29 is 29.3 Å². The summed E-state index contributed by atoms with van der Waals surface area (Å²) in [7, 11) is 0. The van der Waals surface area contributed by atoms with E-state index in [4.69, 9.17) is 9.72 Å². The summed E-state index contributed by atoms with van der Waals surface area (Å²) < 4.78 is 6.28. The molecule has 0 spiro atoms. The number of aromatic nitrogens is 1. The monoisotopic (exact) mass is 551 g/mol. The topological polar surface area (TPSA) is 114 Å². The number of rotatable bonds is 5. The highest BCUT2D eigenvalue weighted by Gasteiger charge is 2.41. The van der Waals surface area contributed by atoms with E-state index in [9.17, 15) is 24.6 Å². The molecule has 0 amide bonds. The van der Waals surface area contributed by atoms with Crippen LogP contribution < -0.4 is 4.74 Å². The average molecular weight is 552 g/mol. The zero-order valence-electron chi connectivity index (χ0n) is 24.0. The number of para-hydroxylation sites is 1. The number of hydrogen-bond acceptors (Lipinski definition) is 6. The number of carboxylic acid groups (broad SMARTS) is 1. The fourth-order valence-electron chi connectivity index (χ4n) is 5.29. The van der Waals surface area contributed by atoms with Gasteiger partial charge in [0.2, 0.25) is 0 Å². The van der Waals surface area contributed by atoms with Crippen LogP contribution in [0.15, 0.2) is 60.7 Å². The summed E-state index contributed by atoms with van der Waals surface area (Å²) >= 11 is 0. The average Bonchev–Trinajstić information content (AvgIpc) is 3.15. The van der Waals surface area contributed by atoms with Gasteiger partial charge in [-0.05, 0) is 70.0 Å². The van der Waals surface area contributed by atoms with Crippen LogP contribution in [0.5, 0.6) is 11.5 Å². The van der Waals surface area contributed by atoms with E-state index >= 15 is 0 Å². The van der Waals surface area contributed by atoms with E-state index in [-0.39, 0.29) is 39.8 Å². The third-order valence-electron chi connectivity index (χ3n) is 7.50. The lowest BCUT2D eigenvalue weighted by Gasteiger charge is -2.28. The number of carboxylic acids is 1. The Bertz CT molecular complexity index is 1700. The summed E-state index contributed by atoms with van der Waals surface area (Å²) in [4.78, 5) is 42.6. The zero-order chi connectivity index (χ0) is 29.9. The van der Waals surface area contributed by atoms with Gasteiger partial charge in [-0.25, -0.2) is 9.78 Å². The highest BCUT2D eigenvalue weighted by molar-refractivity contribution is 6.30. The number of hydrogen-bond donors (Lipinski definition) is 2. The van der Waals surface area contributed by atoms with E-state index in [1.807, 2.05) is 24.3 Å². The quantitative estimate of drug-likeness (QED) is 0.257. The fourth-order valence-corrected chi connectivity index (χ4v) is 5.29. The van der Waals surface area contributed by atoms with Gasteiger partial charge in [0.25, 0.3) is 0 Å². The molecule has 41 heavy (non-hydrogen) atoms. The molecule has 0 aliphatic heterocycles. The molecule has 0 saturated carbocycles. The highest BCUT2D eigenvalue weighted by atomic mass is 16.5. The van der Waals surface area contributed by atoms with Crippen molar-refractivity contribution in [3.8, 4) is 11.5 Å². The summed E-state index contributed by atoms with van der Waals surface area (Å²) in [6, 6.07) is 16.9. The standard InChI is InChI=1S/C34H33NO6/c1-33(2,3)23-14-18(15-24(31(23)38)34(4,5)6)17-41-26-9-7-8-19-11-13-25(35-28(19)26)27-29(36)21-12-10-20(32(39)40)16-22(21)30(27)37/h7-16,27,38H,17H2,1-6H3,(H,39,40). The van der Waals surface area contributed by atoms with Crippen molar-refractivity contribution in [2.45, 2.75) is 64.9 Å². The van der Waals surface area contributed by atoms with Gasteiger partial charge in [-0.1, -0.05) is 59.7 Å². The molecule has 210 valence electrons. The first-order chi connectivity index (χ1) is 19.2. The molecule has 1 aliphatic carbocycles. The number of nitrogens with zero attached hydrogens (tertiary/aromatic N) is 1. The molecular weight excluding hydrogens is 518 g/mol. The van der Waals surface area contributed by atoms with Gasteiger partial charge in [0.15, 0.2) is 11.6 Å². The lowest BCUT2D eigenvalue weighted by atomic mass is 9.78. The number of phenols is 1. The molecule has 1 aromatic heterocycles. The lowest BCUT2D eigenvalue weighted by molar-refractivity contribution is 0.0696. The number of aromatic hydroxyl groups is 1. The molecule has 3 aromatic carbocycles. The molecule has 2 N–H and O–H groups in total. The zero-order valence-corrected chi connectivity index (χ0v) is 24.0. The van der Waals surface area contributed by atoms with Crippen molar-refractivity contribution in [2.75, 3.05) is 0 Å². The number of benzene rings is 3. The molecule has 0 radical (unpaired) electrons. The molecular formula is C34H33NO6. The Labute approximate surface area is 238 Å².